The topological polar surface area (TPSA) is 107 Å². The Bertz CT molecular complexity index is 352. The zero-order chi connectivity index (χ0) is 14.4. The number of nitrogens with one attached hydrogen (secondary N) is 1. The van der Waals surface area contributed by atoms with Crippen molar-refractivity contribution in [1.29, 1.82) is 0 Å². The maximum atomic E-state index is 11.8. The summed E-state index contributed by atoms with van der Waals surface area (Å²) >= 11 is 0. The van der Waals surface area contributed by atoms with Gasteiger partial charge in [0.1, 0.15) is 6.04 Å². The van der Waals surface area contributed by atoms with E-state index in [0.717, 1.165) is 25.7 Å². The number of amides is 2. The lowest BCUT2D eigenvalue weighted by Crippen LogP contribution is -2.48. The molecule has 0 bridgehead atoms. The van der Waals surface area contributed by atoms with Crippen molar-refractivity contribution in [3.63, 3.8) is 0 Å². The van der Waals surface area contributed by atoms with E-state index in [0.29, 0.717) is 12.5 Å². The van der Waals surface area contributed by atoms with Crippen LogP contribution in [0, 0.1) is 5.92 Å². The predicted molar refractivity (Wildman–Crippen MR) is 66.8 cm³/mol. The second-order valence-electron chi connectivity index (χ2n) is 4.97. The highest BCUT2D eigenvalue weighted by molar-refractivity contribution is 5.86. The lowest BCUT2D eigenvalue weighted by molar-refractivity contribution is -0.145. The van der Waals surface area contributed by atoms with Gasteiger partial charge < -0.3 is 20.4 Å². The van der Waals surface area contributed by atoms with E-state index in [2.05, 4.69) is 5.32 Å². The van der Waals surface area contributed by atoms with Gasteiger partial charge in [0.05, 0.1) is 6.42 Å². The molecule has 0 aromatic heterocycles. The number of carboxylic acid groups (broad SMARTS) is 2. The fourth-order valence-corrected chi connectivity index (χ4v) is 2.30. The zero-order valence-electron chi connectivity index (χ0n) is 11.0. The molecule has 2 amide bonds. The van der Waals surface area contributed by atoms with Gasteiger partial charge in [0, 0.05) is 13.6 Å². The van der Waals surface area contributed by atoms with Gasteiger partial charge in [-0.25, -0.2) is 9.59 Å². The first-order valence-electron chi connectivity index (χ1n) is 6.36. The Morgan fingerprint density at radius 3 is 2.32 bits per heavy atom. The molecule has 0 aromatic carbocycles. The maximum absolute atomic E-state index is 11.8. The van der Waals surface area contributed by atoms with Crippen LogP contribution in [0.1, 0.15) is 32.1 Å². The van der Waals surface area contributed by atoms with E-state index in [9.17, 15) is 14.4 Å². The summed E-state index contributed by atoms with van der Waals surface area (Å²) in [6.45, 7) is 0.575. The number of urea groups is 1. The number of hydrogen-bond donors (Lipinski definition) is 3. The molecule has 0 radical (unpaired) electrons. The van der Waals surface area contributed by atoms with Crippen molar-refractivity contribution in [2.75, 3.05) is 13.6 Å². The van der Waals surface area contributed by atoms with Gasteiger partial charge in [0.15, 0.2) is 0 Å². The zero-order valence-corrected chi connectivity index (χ0v) is 11.0. The molecule has 1 fully saturated rings. The first kappa shape index (κ1) is 15.3. The molecule has 7 nitrogen and oxygen atoms in total. The third-order valence-corrected chi connectivity index (χ3v) is 3.33. The smallest absolute Gasteiger partial charge is 0.326 e. The molecule has 1 rings (SSSR count). The van der Waals surface area contributed by atoms with Crippen LogP contribution in [0.25, 0.3) is 0 Å². The Balaban J connectivity index is 2.45. The van der Waals surface area contributed by atoms with Crippen LogP contribution in [0.2, 0.25) is 0 Å². The molecule has 19 heavy (non-hydrogen) atoms. The van der Waals surface area contributed by atoms with Crippen LogP contribution in [0.15, 0.2) is 0 Å². The van der Waals surface area contributed by atoms with Gasteiger partial charge in [-0.05, 0) is 18.8 Å². The fourth-order valence-electron chi connectivity index (χ4n) is 2.30. The van der Waals surface area contributed by atoms with Crippen molar-refractivity contribution in [3.8, 4) is 0 Å². The predicted octanol–water partition coefficient (Wildman–Crippen LogP) is 0.746. The highest BCUT2D eigenvalue weighted by atomic mass is 16.4. The molecular weight excluding hydrogens is 252 g/mol. The van der Waals surface area contributed by atoms with E-state index in [1.165, 1.54) is 4.90 Å². The third-order valence-electron chi connectivity index (χ3n) is 3.33. The van der Waals surface area contributed by atoms with Crippen LogP contribution >= 0.6 is 0 Å². The minimum absolute atomic E-state index is 0.457. The molecule has 1 atom stereocenters. The number of carbonyl (C=O) groups excluding carboxylic acids is 1. The molecule has 3 N–H and O–H groups in total. The number of carboxylic acids is 2. The first-order chi connectivity index (χ1) is 8.90. The van der Waals surface area contributed by atoms with Gasteiger partial charge in [0.2, 0.25) is 0 Å². The van der Waals surface area contributed by atoms with Gasteiger partial charge in [-0.3, -0.25) is 4.79 Å². The van der Waals surface area contributed by atoms with Gasteiger partial charge in [-0.1, -0.05) is 12.8 Å². The molecular formula is C12H20N2O5. The van der Waals surface area contributed by atoms with Crippen molar-refractivity contribution < 1.29 is 24.6 Å². The highest BCUT2D eigenvalue weighted by Gasteiger charge is 2.25. The van der Waals surface area contributed by atoms with Crippen molar-refractivity contribution in [1.82, 2.24) is 10.2 Å². The van der Waals surface area contributed by atoms with Crippen LogP contribution < -0.4 is 5.32 Å². The minimum Gasteiger partial charge on any atom is -0.481 e. The molecule has 1 aliphatic rings. The molecule has 1 aliphatic carbocycles. The van der Waals surface area contributed by atoms with Gasteiger partial charge in [-0.2, -0.15) is 0 Å². The van der Waals surface area contributed by atoms with Crippen molar-refractivity contribution in [3.05, 3.63) is 0 Å². The van der Waals surface area contributed by atoms with Crippen LogP contribution in [0.5, 0.6) is 0 Å². The highest BCUT2D eigenvalue weighted by Crippen LogP contribution is 2.25. The molecule has 0 saturated heterocycles. The van der Waals surface area contributed by atoms with Crippen molar-refractivity contribution >= 4 is 18.0 Å². The average Bonchev–Trinajstić information content (AvgIpc) is 2.79. The largest absolute Gasteiger partial charge is 0.481 e. The lowest BCUT2D eigenvalue weighted by atomic mass is 10.1. The quantitative estimate of drug-likeness (QED) is 0.661. The van der Waals surface area contributed by atoms with E-state index in [4.69, 9.17) is 10.2 Å². The maximum Gasteiger partial charge on any atom is 0.326 e. The molecule has 0 heterocycles. The Kier molecular flexibility index (Phi) is 5.59. The van der Waals surface area contributed by atoms with E-state index in [1.807, 2.05) is 0 Å². The lowest BCUT2D eigenvalue weighted by Gasteiger charge is -2.23. The first-order valence-corrected chi connectivity index (χ1v) is 6.36. The molecule has 0 aromatic rings. The minimum atomic E-state index is -1.39. The SMILES string of the molecule is CN(CC1CCCC1)C(=O)N[C@@H](CC(=O)O)C(=O)O. The molecule has 7 heteroatoms. The van der Waals surface area contributed by atoms with E-state index < -0.39 is 30.4 Å². The Labute approximate surface area is 111 Å². The standard InChI is InChI=1S/C12H20N2O5/c1-14(7-8-4-2-3-5-8)12(19)13-9(11(17)18)6-10(15)16/h8-9H,2-7H2,1H3,(H,13,19)(H,15,16)(H,17,18)/t9-/m0/s1. The van der Waals surface area contributed by atoms with Crippen LogP contribution in [-0.4, -0.2) is 52.7 Å². The Morgan fingerprint density at radius 2 is 1.84 bits per heavy atom. The molecule has 0 unspecified atom stereocenters. The monoisotopic (exact) mass is 272 g/mol. The van der Waals surface area contributed by atoms with Crippen molar-refractivity contribution in [2.24, 2.45) is 5.92 Å². The summed E-state index contributed by atoms with van der Waals surface area (Å²) in [6, 6.07) is -1.93. The Morgan fingerprint density at radius 1 is 1.26 bits per heavy atom. The van der Waals surface area contributed by atoms with Gasteiger partial charge in [0.25, 0.3) is 0 Å². The Hall–Kier alpha value is -1.79. The molecule has 108 valence electrons. The van der Waals surface area contributed by atoms with Crippen LogP contribution in [-0.2, 0) is 9.59 Å². The second kappa shape index (κ2) is 6.96. The fraction of sp³-hybridized carbons (Fsp3) is 0.750. The number of nitrogens with zero attached hydrogens (tertiary/aromatic N) is 1. The summed E-state index contributed by atoms with van der Waals surface area (Å²) in [6.07, 6.45) is 3.86. The van der Waals surface area contributed by atoms with Gasteiger partial charge >= 0.3 is 18.0 Å². The van der Waals surface area contributed by atoms with Crippen molar-refractivity contribution in [2.45, 2.75) is 38.1 Å². The molecule has 0 aliphatic heterocycles. The summed E-state index contributed by atoms with van der Waals surface area (Å²) in [4.78, 5) is 34.6. The molecule has 1 saturated carbocycles. The summed E-state index contributed by atoms with van der Waals surface area (Å²) in [7, 11) is 1.59. The van der Waals surface area contributed by atoms with Gasteiger partial charge in [-0.15, -0.1) is 0 Å². The van der Waals surface area contributed by atoms with Crippen LogP contribution in [0.4, 0.5) is 4.79 Å². The number of carbonyl (C=O) groups is 3. The van der Waals surface area contributed by atoms with Crippen LogP contribution in [0.3, 0.4) is 0 Å². The summed E-state index contributed by atoms with van der Waals surface area (Å²) in [5, 5.41) is 19.7. The van der Waals surface area contributed by atoms with E-state index >= 15 is 0 Å². The summed E-state index contributed by atoms with van der Waals surface area (Å²) in [5.41, 5.74) is 0. The molecule has 0 spiro atoms. The number of rotatable bonds is 6. The average molecular weight is 272 g/mol. The second-order valence-corrected chi connectivity index (χ2v) is 4.97. The number of aliphatic carboxylic acids is 2. The third kappa shape index (κ3) is 5.15. The summed E-state index contributed by atoms with van der Waals surface area (Å²) in [5.74, 6) is -2.14. The van der Waals surface area contributed by atoms with E-state index in [1.54, 1.807) is 7.05 Å². The number of hydrogen-bond acceptors (Lipinski definition) is 3. The summed E-state index contributed by atoms with van der Waals surface area (Å²) < 4.78 is 0. The normalized spacial score (nSPS) is 16.9. The van der Waals surface area contributed by atoms with E-state index in [-0.39, 0.29) is 0 Å².